The number of carbonyl (C=O) groups excluding carboxylic acids is 1. The van der Waals surface area contributed by atoms with Crippen LogP contribution in [-0.2, 0) is 4.74 Å². The number of rotatable bonds is 3. The van der Waals surface area contributed by atoms with Crippen molar-refractivity contribution in [1.82, 2.24) is 4.90 Å². The molecule has 0 aromatic heterocycles. The fourth-order valence-corrected chi connectivity index (χ4v) is 2.42. The van der Waals surface area contributed by atoms with Crippen LogP contribution in [0.2, 0.25) is 0 Å². The first-order chi connectivity index (χ1) is 10.7. The Morgan fingerprint density at radius 3 is 2.70 bits per heavy atom. The molecular formula is C16H22N2O5. The summed E-state index contributed by atoms with van der Waals surface area (Å²) in [6, 6.07) is 4.75. The second-order valence-electron chi connectivity index (χ2n) is 6.61. The molecule has 0 N–H and O–H groups in total. The highest BCUT2D eigenvalue weighted by molar-refractivity contribution is 5.68. The lowest BCUT2D eigenvalue weighted by molar-refractivity contribution is -0.385. The predicted octanol–water partition coefficient (Wildman–Crippen LogP) is 3.29. The van der Waals surface area contributed by atoms with Crippen molar-refractivity contribution in [3.05, 3.63) is 33.9 Å². The van der Waals surface area contributed by atoms with Crippen LogP contribution >= 0.6 is 0 Å². The molecule has 1 fully saturated rings. The van der Waals surface area contributed by atoms with Gasteiger partial charge in [0.1, 0.15) is 17.5 Å². The maximum absolute atomic E-state index is 12.0. The van der Waals surface area contributed by atoms with Crippen molar-refractivity contribution in [1.29, 1.82) is 0 Å². The number of hydrogen-bond donors (Lipinski definition) is 0. The van der Waals surface area contributed by atoms with Gasteiger partial charge in [0.15, 0.2) is 0 Å². The molecule has 1 aliphatic rings. The minimum absolute atomic E-state index is 0.0319. The van der Waals surface area contributed by atoms with Gasteiger partial charge >= 0.3 is 6.09 Å². The number of nitro groups is 1. The normalized spacial score (nSPS) is 17.9. The minimum atomic E-state index is -0.535. The second kappa shape index (κ2) is 6.44. The third-order valence-corrected chi connectivity index (χ3v) is 3.54. The molecule has 0 aliphatic carbocycles. The minimum Gasteiger partial charge on any atom is -0.488 e. The molecule has 0 radical (unpaired) electrons. The number of amides is 1. The van der Waals surface area contributed by atoms with Crippen LogP contribution in [0.3, 0.4) is 0 Å². The fraction of sp³-hybridized carbons (Fsp3) is 0.562. The molecule has 1 atom stereocenters. The summed E-state index contributed by atoms with van der Waals surface area (Å²) in [5, 5.41) is 11.0. The molecule has 7 heteroatoms. The molecule has 1 aromatic rings. The van der Waals surface area contributed by atoms with Gasteiger partial charge in [0, 0.05) is 19.0 Å². The average Bonchev–Trinajstić information content (AvgIpc) is 2.87. The molecule has 1 amide bonds. The van der Waals surface area contributed by atoms with Gasteiger partial charge < -0.3 is 14.4 Å². The van der Waals surface area contributed by atoms with E-state index in [2.05, 4.69) is 0 Å². The first-order valence-corrected chi connectivity index (χ1v) is 7.56. The van der Waals surface area contributed by atoms with Crippen LogP contribution in [0.5, 0.6) is 5.75 Å². The van der Waals surface area contributed by atoms with Crippen molar-refractivity contribution in [3.8, 4) is 5.75 Å². The highest BCUT2D eigenvalue weighted by Crippen LogP contribution is 2.29. The first-order valence-electron chi connectivity index (χ1n) is 7.56. The van der Waals surface area contributed by atoms with E-state index in [4.69, 9.17) is 9.47 Å². The van der Waals surface area contributed by atoms with Crippen LogP contribution in [0.4, 0.5) is 10.5 Å². The van der Waals surface area contributed by atoms with E-state index >= 15 is 0 Å². The van der Waals surface area contributed by atoms with E-state index in [1.807, 2.05) is 20.8 Å². The van der Waals surface area contributed by atoms with Crippen LogP contribution < -0.4 is 4.74 Å². The SMILES string of the molecule is Cc1c(OC2CCN(C(=O)OC(C)(C)C)C2)cccc1[N+](=O)[O-]. The van der Waals surface area contributed by atoms with Gasteiger partial charge in [-0.2, -0.15) is 0 Å². The van der Waals surface area contributed by atoms with E-state index in [0.29, 0.717) is 30.8 Å². The van der Waals surface area contributed by atoms with Crippen molar-refractivity contribution in [2.75, 3.05) is 13.1 Å². The zero-order valence-corrected chi connectivity index (χ0v) is 13.9. The third kappa shape index (κ3) is 4.34. The lowest BCUT2D eigenvalue weighted by Crippen LogP contribution is -2.36. The van der Waals surface area contributed by atoms with Gasteiger partial charge in [-0.25, -0.2) is 4.79 Å². The average molecular weight is 322 g/mol. The van der Waals surface area contributed by atoms with Gasteiger partial charge in [-0.3, -0.25) is 10.1 Å². The number of nitro benzene ring substituents is 1. The van der Waals surface area contributed by atoms with Crippen LogP contribution in [0.1, 0.15) is 32.8 Å². The number of ether oxygens (including phenoxy) is 2. The summed E-state index contributed by atoms with van der Waals surface area (Å²) >= 11 is 0. The molecule has 0 saturated carbocycles. The van der Waals surface area contributed by atoms with E-state index in [9.17, 15) is 14.9 Å². The van der Waals surface area contributed by atoms with E-state index in [-0.39, 0.29) is 17.9 Å². The quantitative estimate of drug-likeness (QED) is 0.630. The van der Waals surface area contributed by atoms with Crippen LogP contribution in [-0.4, -0.2) is 40.7 Å². The predicted molar refractivity (Wildman–Crippen MR) is 84.7 cm³/mol. The van der Waals surface area contributed by atoms with Gasteiger partial charge in [0.25, 0.3) is 5.69 Å². The fourth-order valence-electron chi connectivity index (χ4n) is 2.42. The van der Waals surface area contributed by atoms with Crippen molar-refractivity contribution in [2.24, 2.45) is 0 Å². The Labute approximate surface area is 135 Å². The Morgan fingerprint density at radius 2 is 2.09 bits per heavy atom. The second-order valence-corrected chi connectivity index (χ2v) is 6.61. The van der Waals surface area contributed by atoms with Crippen LogP contribution in [0.25, 0.3) is 0 Å². The van der Waals surface area contributed by atoms with E-state index < -0.39 is 10.5 Å². The molecule has 126 valence electrons. The lowest BCUT2D eigenvalue weighted by Gasteiger charge is -2.24. The number of likely N-dealkylation sites (tertiary alicyclic amines) is 1. The summed E-state index contributed by atoms with van der Waals surface area (Å²) < 4.78 is 11.2. The molecule has 1 saturated heterocycles. The summed E-state index contributed by atoms with van der Waals surface area (Å²) in [6.45, 7) is 8.09. The summed E-state index contributed by atoms with van der Waals surface area (Å²) in [5.41, 5.74) is -0.00940. The molecule has 0 spiro atoms. The Kier molecular flexibility index (Phi) is 4.77. The highest BCUT2D eigenvalue weighted by atomic mass is 16.6. The zero-order chi connectivity index (χ0) is 17.2. The Hall–Kier alpha value is -2.31. The summed E-state index contributed by atoms with van der Waals surface area (Å²) in [6.07, 6.45) is 0.115. The molecular weight excluding hydrogens is 300 g/mol. The summed E-state index contributed by atoms with van der Waals surface area (Å²) in [5.74, 6) is 0.482. The smallest absolute Gasteiger partial charge is 0.410 e. The van der Waals surface area contributed by atoms with Gasteiger partial charge in [0.2, 0.25) is 0 Å². The molecule has 7 nitrogen and oxygen atoms in total. The largest absolute Gasteiger partial charge is 0.488 e. The van der Waals surface area contributed by atoms with Gasteiger partial charge in [-0.15, -0.1) is 0 Å². The maximum atomic E-state index is 12.0. The number of nitrogens with zero attached hydrogens (tertiary/aromatic N) is 2. The zero-order valence-electron chi connectivity index (χ0n) is 13.9. The van der Waals surface area contributed by atoms with E-state index in [1.165, 1.54) is 6.07 Å². The number of hydrogen-bond acceptors (Lipinski definition) is 5. The first kappa shape index (κ1) is 17.1. The summed E-state index contributed by atoms with van der Waals surface area (Å²) in [7, 11) is 0. The lowest BCUT2D eigenvalue weighted by atomic mass is 10.2. The molecule has 0 bridgehead atoms. The highest BCUT2D eigenvalue weighted by Gasteiger charge is 2.31. The molecule has 1 aromatic carbocycles. The van der Waals surface area contributed by atoms with Gasteiger partial charge in [-0.05, 0) is 33.8 Å². The molecule has 1 aliphatic heterocycles. The molecule has 1 heterocycles. The maximum Gasteiger partial charge on any atom is 0.410 e. The van der Waals surface area contributed by atoms with Crippen LogP contribution in [0.15, 0.2) is 18.2 Å². The van der Waals surface area contributed by atoms with Gasteiger partial charge in [0.05, 0.1) is 17.0 Å². The summed E-state index contributed by atoms with van der Waals surface area (Å²) in [4.78, 5) is 24.2. The van der Waals surface area contributed by atoms with Gasteiger partial charge in [-0.1, -0.05) is 6.07 Å². The van der Waals surface area contributed by atoms with Crippen molar-refractivity contribution in [3.63, 3.8) is 0 Å². The van der Waals surface area contributed by atoms with Crippen LogP contribution in [0, 0.1) is 17.0 Å². The molecule has 23 heavy (non-hydrogen) atoms. The number of carbonyl (C=O) groups is 1. The van der Waals surface area contributed by atoms with Crippen molar-refractivity contribution in [2.45, 2.75) is 45.8 Å². The monoisotopic (exact) mass is 322 g/mol. The molecule has 2 rings (SSSR count). The standard InChI is InChI=1S/C16H22N2O5/c1-11-13(18(20)21)6-5-7-14(11)22-12-8-9-17(10-12)15(19)23-16(2,3)4/h5-7,12H,8-10H2,1-4H3. The Morgan fingerprint density at radius 1 is 1.39 bits per heavy atom. The Bertz CT molecular complexity index is 609. The van der Waals surface area contributed by atoms with Crippen molar-refractivity contribution >= 4 is 11.8 Å². The van der Waals surface area contributed by atoms with E-state index in [0.717, 1.165) is 0 Å². The van der Waals surface area contributed by atoms with E-state index in [1.54, 1.807) is 24.0 Å². The topological polar surface area (TPSA) is 81.9 Å². The molecule has 1 unspecified atom stereocenters. The van der Waals surface area contributed by atoms with Crippen molar-refractivity contribution < 1.29 is 19.2 Å². The third-order valence-electron chi connectivity index (χ3n) is 3.54. The Balaban J connectivity index is 2.00. The number of benzene rings is 1.